The molecular formula is C14H18N2O4. The van der Waals surface area contributed by atoms with E-state index in [1.165, 1.54) is 6.07 Å². The average Bonchev–Trinajstić information content (AvgIpc) is 2.38. The van der Waals surface area contributed by atoms with Crippen molar-refractivity contribution in [2.45, 2.75) is 38.8 Å². The number of nitro benzene ring substituents is 1. The molecular weight excluding hydrogens is 260 g/mol. The van der Waals surface area contributed by atoms with E-state index < -0.39 is 11.0 Å². The predicted molar refractivity (Wildman–Crippen MR) is 73.1 cm³/mol. The number of nitrogens with one attached hydrogen (secondary N) is 1. The summed E-state index contributed by atoms with van der Waals surface area (Å²) in [5.41, 5.74) is 0.00129. The van der Waals surface area contributed by atoms with Crippen molar-refractivity contribution in [2.24, 2.45) is 5.41 Å². The molecule has 2 atom stereocenters. The van der Waals surface area contributed by atoms with Crippen LogP contribution in [-0.2, 0) is 11.2 Å². The molecule has 20 heavy (non-hydrogen) atoms. The van der Waals surface area contributed by atoms with Crippen molar-refractivity contribution < 1.29 is 14.8 Å². The molecule has 6 nitrogen and oxygen atoms in total. The molecule has 1 aliphatic rings. The first-order valence-electron chi connectivity index (χ1n) is 6.52. The van der Waals surface area contributed by atoms with E-state index >= 15 is 0 Å². The van der Waals surface area contributed by atoms with Crippen molar-refractivity contribution in [3.05, 3.63) is 39.9 Å². The van der Waals surface area contributed by atoms with Crippen LogP contribution < -0.4 is 5.32 Å². The molecule has 0 radical (unpaired) electrons. The van der Waals surface area contributed by atoms with Crippen molar-refractivity contribution in [3.8, 4) is 0 Å². The Morgan fingerprint density at radius 1 is 1.50 bits per heavy atom. The molecule has 0 spiro atoms. The maximum Gasteiger partial charge on any atom is 0.273 e. The highest BCUT2D eigenvalue weighted by atomic mass is 16.6. The number of carbonyl (C=O) groups excluding carboxylic acids is 1. The highest BCUT2D eigenvalue weighted by Crippen LogP contribution is 2.40. The van der Waals surface area contributed by atoms with E-state index in [2.05, 4.69) is 5.32 Å². The monoisotopic (exact) mass is 278 g/mol. The first-order valence-corrected chi connectivity index (χ1v) is 6.52. The maximum absolute atomic E-state index is 12.0. The second kappa shape index (κ2) is 5.20. The molecule has 0 aromatic heterocycles. The summed E-state index contributed by atoms with van der Waals surface area (Å²) in [5, 5.41) is 23.3. The minimum absolute atomic E-state index is 0.0279. The topological polar surface area (TPSA) is 92.5 Å². The second-order valence-corrected chi connectivity index (χ2v) is 5.76. The molecule has 0 aliphatic heterocycles. The van der Waals surface area contributed by atoms with Gasteiger partial charge in [-0.2, -0.15) is 0 Å². The quantitative estimate of drug-likeness (QED) is 0.643. The van der Waals surface area contributed by atoms with Crippen molar-refractivity contribution in [3.63, 3.8) is 0 Å². The van der Waals surface area contributed by atoms with E-state index in [9.17, 15) is 20.0 Å². The van der Waals surface area contributed by atoms with Gasteiger partial charge in [0, 0.05) is 23.1 Å². The van der Waals surface area contributed by atoms with Gasteiger partial charge in [-0.05, 0) is 6.42 Å². The maximum atomic E-state index is 12.0. The molecule has 1 aliphatic carbocycles. The highest BCUT2D eigenvalue weighted by Gasteiger charge is 2.47. The molecule has 1 fully saturated rings. The molecule has 2 N–H and O–H groups in total. The average molecular weight is 278 g/mol. The van der Waals surface area contributed by atoms with Gasteiger partial charge in [0.2, 0.25) is 5.91 Å². The van der Waals surface area contributed by atoms with Gasteiger partial charge < -0.3 is 10.4 Å². The van der Waals surface area contributed by atoms with E-state index in [0.717, 1.165) is 0 Å². The third-order valence-corrected chi connectivity index (χ3v) is 4.09. The van der Waals surface area contributed by atoms with Gasteiger partial charge in [0.15, 0.2) is 0 Å². The zero-order chi connectivity index (χ0) is 14.9. The summed E-state index contributed by atoms with van der Waals surface area (Å²) in [4.78, 5) is 22.4. The number of nitrogens with zero attached hydrogens (tertiary/aromatic N) is 1. The normalized spacial score (nSPS) is 23.8. The molecule has 0 saturated heterocycles. The minimum Gasteiger partial charge on any atom is -0.392 e. The number of rotatable bonds is 4. The van der Waals surface area contributed by atoms with E-state index in [1.807, 2.05) is 13.8 Å². The van der Waals surface area contributed by atoms with Crippen molar-refractivity contribution >= 4 is 11.6 Å². The van der Waals surface area contributed by atoms with Crippen LogP contribution in [0.1, 0.15) is 25.8 Å². The van der Waals surface area contributed by atoms with E-state index in [1.54, 1.807) is 18.2 Å². The van der Waals surface area contributed by atoms with Crippen LogP contribution in [-0.4, -0.2) is 28.1 Å². The fourth-order valence-corrected chi connectivity index (χ4v) is 2.40. The Balaban J connectivity index is 2.01. The lowest BCUT2D eigenvalue weighted by atomic mass is 9.64. The Morgan fingerprint density at radius 2 is 2.15 bits per heavy atom. The number of aliphatic hydroxyl groups excluding tert-OH is 1. The van der Waals surface area contributed by atoms with Crippen molar-refractivity contribution in [1.29, 1.82) is 0 Å². The Labute approximate surface area is 117 Å². The van der Waals surface area contributed by atoms with Crippen molar-refractivity contribution in [1.82, 2.24) is 5.32 Å². The fourth-order valence-electron chi connectivity index (χ4n) is 2.40. The third-order valence-electron chi connectivity index (χ3n) is 4.09. The summed E-state index contributed by atoms with van der Waals surface area (Å²) in [6, 6.07) is 6.13. The summed E-state index contributed by atoms with van der Waals surface area (Å²) >= 11 is 0. The van der Waals surface area contributed by atoms with Gasteiger partial charge >= 0.3 is 0 Å². The van der Waals surface area contributed by atoms with Crippen LogP contribution in [0.5, 0.6) is 0 Å². The number of amides is 1. The third kappa shape index (κ3) is 2.65. The van der Waals surface area contributed by atoms with Gasteiger partial charge in [-0.3, -0.25) is 14.9 Å². The Morgan fingerprint density at radius 3 is 2.70 bits per heavy atom. The number of carbonyl (C=O) groups is 1. The number of benzene rings is 1. The first-order chi connectivity index (χ1) is 9.32. The van der Waals surface area contributed by atoms with Gasteiger partial charge in [0.1, 0.15) is 0 Å². The lowest BCUT2D eigenvalue weighted by Gasteiger charge is -2.49. The summed E-state index contributed by atoms with van der Waals surface area (Å²) in [6.07, 6.45) is 0.0778. The summed E-state index contributed by atoms with van der Waals surface area (Å²) in [6.45, 7) is 3.77. The fraction of sp³-hybridized carbons (Fsp3) is 0.500. The molecule has 2 rings (SSSR count). The molecule has 0 bridgehead atoms. The molecule has 1 saturated carbocycles. The van der Waals surface area contributed by atoms with Crippen LogP contribution in [0.15, 0.2) is 24.3 Å². The largest absolute Gasteiger partial charge is 0.392 e. The summed E-state index contributed by atoms with van der Waals surface area (Å²) in [5.74, 6) is -0.260. The Bertz CT molecular complexity index is 542. The van der Waals surface area contributed by atoms with E-state index in [-0.39, 0.29) is 29.5 Å². The molecule has 6 heteroatoms. The molecule has 1 aromatic carbocycles. The van der Waals surface area contributed by atoms with E-state index in [4.69, 9.17) is 0 Å². The minimum atomic E-state index is -0.486. The number of hydrogen-bond acceptors (Lipinski definition) is 4. The smallest absolute Gasteiger partial charge is 0.273 e. The van der Waals surface area contributed by atoms with E-state index in [0.29, 0.717) is 12.0 Å². The number of nitro groups is 1. The lowest BCUT2D eigenvalue weighted by molar-refractivity contribution is -0.385. The zero-order valence-electron chi connectivity index (χ0n) is 11.5. The van der Waals surface area contributed by atoms with Crippen LogP contribution in [0.2, 0.25) is 0 Å². The van der Waals surface area contributed by atoms with Crippen molar-refractivity contribution in [2.75, 3.05) is 0 Å². The summed E-state index contributed by atoms with van der Waals surface area (Å²) in [7, 11) is 0. The standard InChI is InChI=1S/C14H18N2O4/c1-14(2)11(8-12(14)17)15-13(18)7-9-5-3-4-6-10(9)16(19)20/h3-6,11-12,17H,7-8H2,1-2H3,(H,15,18). The first kappa shape index (κ1) is 14.5. The Kier molecular flexibility index (Phi) is 3.76. The van der Waals surface area contributed by atoms with Gasteiger partial charge in [0.25, 0.3) is 5.69 Å². The molecule has 1 amide bonds. The number of aliphatic hydroxyl groups is 1. The van der Waals surface area contributed by atoms with Crippen LogP contribution in [0, 0.1) is 15.5 Å². The molecule has 108 valence electrons. The predicted octanol–water partition coefficient (Wildman–Crippen LogP) is 1.41. The number of hydrogen-bond donors (Lipinski definition) is 2. The van der Waals surface area contributed by atoms with Gasteiger partial charge in [-0.25, -0.2) is 0 Å². The van der Waals surface area contributed by atoms with Gasteiger partial charge in [-0.1, -0.05) is 32.0 Å². The molecule has 1 aromatic rings. The Hall–Kier alpha value is -1.95. The van der Waals surface area contributed by atoms with Gasteiger partial charge in [0.05, 0.1) is 17.4 Å². The second-order valence-electron chi connectivity index (χ2n) is 5.76. The van der Waals surface area contributed by atoms with Crippen LogP contribution >= 0.6 is 0 Å². The molecule has 0 heterocycles. The van der Waals surface area contributed by atoms with Crippen LogP contribution in [0.25, 0.3) is 0 Å². The SMILES string of the molecule is CC1(C)C(O)CC1NC(=O)Cc1ccccc1[N+](=O)[O-]. The summed E-state index contributed by atoms with van der Waals surface area (Å²) < 4.78 is 0. The zero-order valence-corrected chi connectivity index (χ0v) is 11.5. The lowest BCUT2D eigenvalue weighted by Crippen LogP contribution is -2.61. The van der Waals surface area contributed by atoms with Crippen LogP contribution in [0.3, 0.4) is 0 Å². The highest BCUT2D eigenvalue weighted by molar-refractivity contribution is 5.80. The molecule has 2 unspecified atom stereocenters. The van der Waals surface area contributed by atoms with Crippen LogP contribution in [0.4, 0.5) is 5.69 Å². The van der Waals surface area contributed by atoms with Gasteiger partial charge in [-0.15, -0.1) is 0 Å². The number of para-hydroxylation sites is 1.